The van der Waals surface area contributed by atoms with Crippen LogP contribution in [0.4, 0.5) is 0 Å². The Morgan fingerprint density at radius 1 is 1.07 bits per heavy atom. The van der Waals surface area contributed by atoms with Gasteiger partial charge in [0.1, 0.15) is 11.8 Å². The van der Waals surface area contributed by atoms with Crippen LogP contribution >= 0.6 is 11.6 Å². The zero-order chi connectivity index (χ0) is 21.4. The number of halogens is 1. The molecule has 156 valence electrons. The van der Waals surface area contributed by atoms with Crippen molar-refractivity contribution in [2.24, 2.45) is 0 Å². The molecule has 2 amide bonds. The highest BCUT2D eigenvalue weighted by Gasteiger charge is 2.26. The molecule has 0 heterocycles. The molecule has 0 aliphatic rings. The highest BCUT2D eigenvalue weighted by Crippen LogP contribution is 2.20. The molecule has 1 atom stereocenters. The molecule has 0 bridgehead atoms. The van der Waals surface area contributed by atoms with Crippen LogP contribution in [0.1, 0.15) is 44.7 Å². The van der Waals surface area contributed by atoms with E-state index in [4.69, 9.17) is 16.3 Å². The molecule has 2 aromatic rings. The minimum atomic E-state index is -0.648. The number of carbonyl (C=O) groups excluding carboxylic acids is 2. The van der Waals surface area contributed by atoms with E-state index in [1.165, 1.54) is 10.5 Å². The number of hydrogen-bond donors (Lipinski definition) is 1. The Hall–Kier alpha value is -2.53. The predicted molar refractivity (Wildman–Crippen MR) is 116 cm³/mol. The molecule has 1 N–H and O–H groups in total. The summed E-state index contributed by atoms with van der Waals surface area (Å²) in [6.07, 6.45) is 0. The Kier molecular flexibility index (Phi) is 8.52. The molecule has 0 radical (unpaired) electrons. The van der Waals surface area contributed by atoms with Gasteiger partial charge in [-0.05, 0) is 49.1 Å². The van der Waals surface area contributed by atoms with Gasteiger partial charge in [-0.1, -0.05) is 55.8 Å². The summed E-state index contributed by atoms with van der Waals surface area (Å²) in [5.41, 5.74) is 1.98. The van der Waals surface area contributed by atoms with Crippen molar-refractivity contribution >= 4 is 23.4 Å². The van der Waals surface area contributed by atoms with Gasteiger partial charge in [-0.2, -0.15) is 0 Å². The average molecular weight is 417 g/mol. The number of ether oxygens (including phenoxy) is 1. The number of nitrogens with zero attached hydrogens (tertiary/aromatic N) is 1. The number of rotatable bonds is 9. The number of amides is 2. The fourth-order valence-corrected chi connectivity index (χ4v) is 3.09. The highest BCUT2D eigenvalue weighted by atomic mass is 35.5. The second-order valence-corrected chi connectivity index (χ2v) is 7.60. The van der Waals surface area contributed by atoms with Crippen LogP contribution < -0.4 is 10.1 Å². The lowest BCUT2D eigenvalue weighted by Crippen LogP contribution is -2.49. The van der Waals surface area contributed by atoms with Gasteiger partial charge in [-0.25, -0.2) is 0 Å². The lowest BCUT2D eigenvalue weighted by Gasteiger charge is -2.29. The van der Waals surface area contributed by atoms with E-state index in [1.807, 2.05) is 49.4 Å². The predicted octanol–water partition coefficient (Wildman–Crippen LogP) is 4.40. The third kappa shape index (κ3) is 6.50. The molecule has 1 unspecified atom stereocenters. The molecule has 0 saturated carbocycles. The first kappa shape index (κ1) is 22.8. The van der Waals surface area contributed by atoms with Crippen molar-refractivity contribution in [2.45, 2.75) is 46.2 Å². The number of benzene rings is 2. The lowest BCUT2D eigenvalue weighted by atomic mass is 10.0. The van der Waals surface area contributed by atoms with Crippen molar-refractivity contribution in [3.8, 4) is 5.75 Å². The summed E-state index contributed by atoms with van der Waals surface area (Å²) in [6, 6.07) is 14.3. The molecule has 0 aliphatic heterocycles. The van der Waals surface area contributed by atoms with E-state index in [1.54, 1.807) is 13.0 Å². The number of nitrogens with one attached hydrogen (secondary N) is 1. The molecule has 0 spiro atoms. The van der Waals surface area contributed by atoms with E-state index in [2.05, 4.69) is 19.2 Å². The van der Waals surface area contributed by atoms with Gasteiger partial charge in [-0.3, -0.25) is 9.59 Å². The van der Waals surface area contributed by atoms with Crippen LogP contribution in [0, 0.1) is 0 Å². The second kappa shape index (κ2) is 10.9. The van der Waals surface area contributed by atoms with Gasteiger partial charge in [0.15, 0.2) is 6.61 Å². The summed E-state index contributed by atoms with van der Waals surface area (Å²) in [5.74, 6) is 0.548. The standard InChI is InChI=1S/C23H29ClN2O3/c1-5-25-23(28)17(4)26(14-19-8-6-7-9-21(19)24)22(27)15-29-20-12-10-18(11-13-20)16(2)3/h6-13,16-17H,5,14-15H2,1-4H3,(H,25,28). The fraction of sp³-hybridized carbons (Fsp3) is 0.391. The first-order valence-corrected chi connectivity index (χ1v) is 10.2. The van der Waals surface area contributed by atoms with Gasteiger partial charge in [0.25, 0.3) is 5.91 Å². The number of carbonyl (C=O) groups is 2. The van der Waals surface area contributed by atoms with Crippen LogP contribution in [0.2, 0.25) is 5.02 Å². The van der Waals surface area contributed by atoms with Gasteiger partial charge in [0.05, 0.1) is 0 Å². The van der Waals surface area contributed by atoms with E-state index < -0.39 is 6.04 Å². The smallest absolute Gasteiger partial charge is 0.261 e. The number of hydrogen-bond acceptors (Lipinski definition) is 3. The summed E-state index contributed by atoms with van der Waals surface area (Å²) in [6.45, 7) is 8.35. The topological polar surface area (TPSA) is 58.6 Å². The summed E-state index contributed by atoms with van der Waals surface area (Å²) < 4.78 is 5.69. The van der Waals surface area contributed by atoms with Crippen molar-refractivity contribution < 1.29 is 14.3 Å². The van der Waals surface area contributed by atoms with E-state index >= 15 is 0 Å². The summed E-state index contributed by atoms with van der Waals surface area (Å²) in [4.78, 5) is 26.8. The van der Waals surface area contributed by atoms with Gasteiger partial charge in [-0.15, -0.1) is 0 Å². The molecule has 2 aromatic carbocycles. The molecular formula is C23H29ClN2O3. The Morgan fingerprint density at radius 2 is 1.72 bits per heavy atom. The van der Waals surface area contributed by atoms with E-state index in [0.29, 0.717) is 23.2 Å². The highest BCUT2D eigenvalue weighted by molar-refractivity contribution is 6.31. The normalized spacial score (nSPS) is 11.8. The molecule has 2 rings (SSSR count). The molecular weight excluding hydrogens is 388 g/mol. The maximum Gasteiger partial charge on any atom is 0.261 e. The molecule has 5 nitrogen and oxygen atoms in total. The lowest BCUT2D eigenvalue weighted by molar-refractivity contribution is -0.142. The summed E-state index contributed by atoms with van der Waals surface area (Å²) >= 11 is 6.26. The van der Waals surface area contributed by atoms with E-state index in [0.717, 1.165) is 5.56 Å². The van der Waals surface area contributed by atoms with Crippen LogP contribution in [-0.2, 0) is 16.1 Å². The molecule has 6 heteroatoms. The van der Waals surface area contributed by atoms with Gasteiger partial charge in [0.2, 0.25) is 5.91 Å². The minimum absolute atomic E-state index is 0.158. The second-order valence-electron chi connectivity index (χ2n) is 7.20. The monoisotopic (exact) mass is 416 g/mol. The number of likely N-dealkylation sites (N-methyl/N-ethyl adjacent to an activating group) is 1. The van der Waals surface area contributed by atoms with Gasteiger partial charge < -0.3 is 15.0 Å². The van der Waals surface area contributed by atoms with Crippen LogP contribution in [0.15, 0.2) is 48.5 Å². The van der Waals surface area contributed by atoms with Gasteiger partial charge >= 0.3 is 0 Å². The van der Waals surface area contributed by atoms with Crippen molar-refractivity contribution in [2.75, 3.05) is 13.2 Å². The fourth-order valence-electron chi connectivity index (χ4n) is 2.89. The zero-order valence-corrected chi connectivity index (χ0v) is 18.2. The Morgan fingerprint density at radius 3 is 2.31 bits per heavy atom. The van der Waals surface area contributed by atoms with Crippen LogP contribution in [0.5, 0.6) is 5.75 Å². The molecule has 0 fully saturated rings. The Labute approximate surface area is 178 Å². The SMILES string of the molecule is CCNC(=O)C(C)N(Cc1ccccc1Cl)C(=O)COc1ccc(C(C)C)cc1. The van der Waals surface area contributed by atoms with Gasteiger partial charge in [0, 0.05) is 18.1 Å². The van der Waals surface area contributed by atoms with E-state index in [-0.39, 0.29) is 25.0 Å². The third-order valence-corrected chi connectivity index (χ3v) is 5.09. The molecule has 29 heavy (non-hydrogen) atoms. The average Bonchev–Trinajstić information content (AvgIpc) is 2.71. The minimum Gasteiger partial charge on any atom is -0.484 e. The van der Waals surface area contributed by atoms with Crippen LogP contribution in [0.25, 0.3) is 0 Å². The first-order valence-electron chi connectivity index (χ1n) is 9.86. The Bertz CT molecular complexity index is 821. The molecule has 0 aromatic heterocycles. The zero-order valence-electron chi connectivity index (χ0n) is 17.4. The maximum atomic E-state index is 12.9. The largest absolute Gasteiger partial charge is 0.484 e. The quantitative estimate of drug-likeness (QED) is 0.659. The summed E-state index contributed by atoms with van der Waals surface area (Å²) in [5, 5.41) is 3.32. The Balaban J connectivity index is 2.12. The van der Waals surface area contributed by atoms with Crippen molar-refractivity contribution in [3.63, 3.8) is 0 Å². The van der Waals surface area contributed by atoms with Crippen LogP contribution in [-0.4, -0.2) is 35.9 Å². The third-order valence-electron chi connectivity index (χ3n) is 4.73. The molecule has 0 aliphatic carbocycles. The van der Waals surface area contributed by atoms with E-state index in [9.17, 15) is 9.59 Å². The van der Waals surface area contributed by atoms with Crippen molar-refractivity contribution in [3.05, 3.63) is 64.7 Å². The summed E-state index contributed by atoms with van der Waals surface area (Å²) in [7, 11) is 0. The van der Waals surface area contributed by atoms with Crippen molar-refractivity contribution in [1.82, 2.24) is 10.2 Å². The van der Waals surface area contributed by atoms with Crippen molar-refractivity contribution in [1.29, 1.82) is 0 Å². The van der Waals surface area contributed by atoms with Crippen LogP contribution in [0.3, 0.4) is 0 Å². The first-order chi connectivity index (χ1) is 13.8. The molecule has 0 saturated heterocycles. The maximum absolute atomic E-state index is 12.9.